The van der Waals surface area contributed by atoms with Crippen LogP contribution in [0.4, 0.5) is 0 Å². The van der Waals surface area contributed by atoms with E-state index >= 15 is 0 Å². The van der Waals surface area contributed by atoms with Gasteiger partial charge in [0.1, 0.15) is 6.61 Å². The number of esters is 1. The summed E-state index contributed by atoms with van der Waals surface area (Å²) in [5.74, 6) is -0.375. The molecule has 1 aliphatic heterocycles. The quantitative estimate of drug-likeness (QED) is 0.636. The highest BCUT2D eigenvalue weighted by atomic mass is 32.2. The lowest BCUT2D eigenvalue weighted by atomic mass is 9.97. The molecule has 0 aromatic heterocycles. The highest BCUT2D eigenvalue weighted by Crippen LogP contribution is 2.33. The Bertz CT molecular complexity index is 865. The molecule has 5 nitrogen and oxygen atoms in total. The zero-order chi connectivity index (χ0) is 16.4. The third kappa shape index (κ3) is 2.91. The first-order valence-corrected chi connectivity index (χ1v) is 8.30. The van der Waals surface area contributed by atoms with Gasteiger partial charge < -0.3 is 4.74 Å². The lowest BCUT2D eigenvalue weighted by Gasteiger charge is -2.06. The molecule has 0 saturated carbocycles. The first-order chi connectivity index (χ1) is 11.0. The first kappa shape index (κ1) is 15.5. The molecule has 6 heteroatoms. The summed E-state index contributed by atoms with van der Waals surface area (Å²) in [5.41, 5.74) is 2.76. The summed E-state index contributed by atoms with van der Waals surface area (Å²) < 4.78 is 32.9. The van der Waals surface area contributed by atoms with Gasteiger partial charge >= 0.3 is 5.97 Å². The van der Waals surface area contributed by atoms with Gasteiger partial charge in [0.05, 0.1) is 17.6 Å². The Kier molecular flexibility index (Phi) is 4.02. The average molecular weight is 330 g/mol. The Hall–Kier alpha value is -2.44. The summed E-state index contributed by atoms with van der Waals surface area (Å²) in [5, 5.41) is 0. The van der Waals surface area contributed by atoms with Gasteiger partial charge in [-0.3, -0.25) is 4.18 Å². The lowest BCUT2D eigenvalue weighted by Crippen LogP contribution is -2.02. The fourth-order valence-electron chi connectivity index (χ4n) is 2.45. The Morgan fingerprint density at radius 2 is 1.61 bits per heavy atom. The van der Waals surface area contributed by atoms with Gasteiger partial charge in [0.2, 0.25) is 0 Å². The van der Waals surface area contributed by atoms with Gasteiger partial charge in [-0.25, -0.2) is 4.79 Å². The number of hydrogen-bond acceptors (Lipinski definition) is 5. The van der Waals surface area contributed by atoms with Gasteiger partial charge in [0, 0.05) is 5.57 Å². The van der Waals surface area contributed by atoms with Crippen molar-refractivity contribution in [2.45, 2.75) is 4.90 Å². The fraction of sp³-hybridized carbons (Fsp3) is 0.118. The van der Waals surface area contributed by atoms with Crippen molar-refractivity contribution < 1.29 is 22.1 Å². The molecule has 0 atom stereocenters. The number of cyclic esters (lactones) is 1. The second-order valence-corrected chi connectivity index (χ2v) is 6.65. The Labute approximate surface area is 134 Å². The molecule has 0 radical (unpaired) electrons. The lowest BCUT2D eigenvalue weighted by molar-refractivity contribution is -0.133. The van der Waals surface area contributed by atoms with E-state index < -0.39 is 10.1 Å². The summed E-state index contributed by atoms with van der Waals surface area (Å²) in [6.07, 6.45) is 0. The summed E-state index contributed by atoms with van der Waals surface area (Å²) >= 11 is 0. The van der Waals surface area contributed by atoms with Crippen LogP contribution in [0.15, 0.2) is 59.5 Å². The zero-order valence-corrected chi connectivity index (χ0v) is 13.2. The Morgan fingerprint density at radius 3 is 2.22 bits per heavy atom. The van der Waals surface area contributed by atoms with E-state index in [1.165, 1.54) is 12.1 Å². The molecule has 2 aromatic rings. The van der Waals surface area contributed by atoms with Crippen molar-refractivity contribution in [1.82, 2.24) is 0 Å². The van der Waals surface area contributed by atoms with E-state index in [0.717, 1.165) is 23.8 Å². The minimum atomic E-state index is -3.73. The van der Waals surface area contributed by atoms with Gasteiger partial charge in [-0.15, -0.1) is 0 Å². The summed E-state index contributed by atoms with van der Waals surface area (Å²) in [4.78, 5) is 12.1. The standard InChI is InChI=1S/C17H14O5S/c1-21-23(19,20)14-9-7-12(8-10-14)15-11-22-17(18)16(15)13-5-3-2-4-6-13/h2-10H,11H2,1H3. The SMILES string of the molecule is COS(=O)(=O)c1ccc(C2=C(c3ccccc3)C(=O)OC2)cc1. The largest absolute Gasteiger partial charge is 0.457 e. The molecule has 0 aliphatic carbocycles. The van der Waals surface area contributed by atoms with Crippen molar-refractivity contribution in [3.05, 3.63) is 65.7 Å². The molecule has 3 rings (SSSR count). The van der Waals surface area contributed by atoms with Gasteiger partial charge in [0.15, 0.2) is 0 Å². The third-order valence-electron chi connectivity index (χ3n) is 3.63. The fourth-order valence-corrected chi connectivity index (χ4v) is 3.11. The van der Waals surface area contributed by atoms with Crippen molar-refractivity contribution in [2.75, 3.05) is 13.7 Å². The third-order valence-corrected chi connectivity index (χ3v) is 4.92. The van der Waals surface area contributed by atoms with Crippen LogP contribution in [0.5, 0.6) is 0 Å². The van der Waals surface area contributed by atoms with Crippen LogP contribution in [0.3, 0.4) is 0 Å². The van der Waals surface area contributed by atoms with Crippen LogP contribution in [-0.4, -0.2) is 28.1 Å². The molecule has 0 bridgehead atoms. The first-order valence-electron chi connectivity index (χ1n) is 6.89. The van der Waals surface area contributed by atoms with Crippen molar-refractivity contribution in [3.63, 3.8) is 0 Å². The predicted molar refractivity (Wildman–Crippen MR) is 84.9 cm³/mol. The van der Waals surface area contributed by atoms with E-state index in [0.29, 0.717) is 5.57 Å². The van der Waals surface area contributed by atoms with Crippen LogP contribution < -0.4 is 0 Å². The topological polar surface area (TPSA) is 69.7 Å². The van der Waals surface area contributed by atoms with E-state index in [4.69, 9.17) is 4.74 Å². The van der Waals surface area contributed by atoms with Crippen LogP contribution in [0.25, 0.3) is 11.1 Å². The smallest absolute Gasteiger partial charge is 0.339 e. The van der Waals surface area contributed by atoms with E-state index in [9.17, 15) is 13.2 Å². The van der Waals surface area contributed by atoms with E-state index in [1.807, 2.05) is 30.3 Å². The molecule has 1 heterocycles. The second-order valence-electron chi connectivity index (χ2n) is 4.94. The van der Waals surface area contributed by atoms with Gasteiger partial charge in [-0.05, 0) is 23.3 Å². The highest BCUT2D eigenvalue weighted by Gasteiger charge is 2.27. The molecular formula is C17H14O5S. The minimum Gasteiger partial charge on any atom is -0.457 e. The number of ether oxygens (including phenoxy) is 1. The normalized spacial score (nSPS) is 14.9. The molecule has 0 saturated heterocycles. The molecule has 23 heavy (non-hydrogen) atoms. The molecule has 0 fully saturated rings. The highest BCUT2D eigenvalue weighted by molar-refractivity contribution is 7.86. The Morgan fingerprint density at radius 1 is 0.957 bits per heavy atom. The number of carbonyl (C=O) groups is 1. The van der Waals surface area contributed by atoms with Crippen molar-refractivity contribution >= 4 is 27.2 Å². The summed E-state index contributed by atoms with van der Waals surface area (Å²) in [6, 6.07) is 15.4. The van der Waals surface area contributed by atoms with E-state index in [1.54, 1.807) is 12.1 Å². The van der Waals surface area contributed by atoms with Crippen molar-refractivity contribution in [1.29, 1.82) is 0 Å². The van der Waals surface area contributed by atoms with Crippen LogP contribution >= 0.6 is 0 Å². The molecular weight excluding hydrogens is 316 g/mol. The number of carbonyl (C=O) groups excluding carboxylic acids is 1. The molecule has 118 valence electrons. The summed E-state index contributed by atoms with van der Waals surface area (Å²) in [7, 11) is -2.62. The van der Waals surface area contributed by atoms with Gasteiger partial charge in [-0.2, -0.15) is 8.42 Å². The number of rotatable bonds is 4. The minimum absolute atomic E-state index is 0.0656. The Balaban J connectivity index is 2.06. The molecule has 2 aromatic carbocycles. The van der Waals surface area contributed by atoms with Gasteiger partial charge in [-0.1, -0.05) is 42.5 Å². The van der Waals surface area contributed by atoms with E-state index in [-0.39, 0.29) is 17.5 Å². The van der Waals surface area contributed by atoms with Crippen LogP contribution in [-0.2, 0) is 23.8 Å². The molecule has 0 spiro atoms. The monoisotopic (exact) mass is 330 g/mol. The van der Waals surface area contributed by atoms with Crippen molar-refractivity contribution in [3.8, 4) is 0 Å². The maximum absolute atomic E-state index is 12.0. The number of benzene rings is 2. The van der Waals surface area contributed by atoms with Crippen LogP contribution in [0.2, 0.25) is 0 Å². The molecule has 0 amide bonds. The molecule has 1 aliphatic rings. The molecule has 0 N–H and O–H groups in total. The summed E-state index contributed by atoms with van der Waals surface area (Å²) in [6.45, 7) is 0.166. The van der Waals surface area contributed by atoms with Crippen molar-refractivity contribution in [2.24, 2.45) is 0 Å². The zero-order valence-electron chi connectivity index (χ0n) is 12.4. The maximum Gasteiger partial charge on any atom is 0.339 e. The maximum atomic E-state index is 12.0. The molecule has 0 unspecified atom stereocenters. The predicted octanol–water partition coefficient (Wildman–Crippen LogP) is 2.49. The van der Waals surface area contributed by atoms with Crippen LogP contribution in [0, 0.1) is 0 Å². The van der Waals surface area contributed by atoms with E-state index in [2.05, 4.69) is 4.18 Å². The average Bonchev–Trinajstić information content (AvgIpc) is 2.97. The van der Waals surface area contributed by atoms with Crippen LogP contribution in [0.1, 0.15) is 11.1 Å². The second kappa shape index (κ2) is 5.98. The number of hydrogen-bond donors (Lipinski definition) is 0. The van der Waals surface area contributed by atoms with Gasteiger partial charge in [0.25, 0.3) is 10.1 Å².